The largest absolute Gasteiger partial charge is 0.422 e. The van der Waals surface area contributed by atoms with Crippen molar-refractivity contribution in [1.82, 2.24) is 0 Å². The lowest BCUT2D eigenvalue weighted by molar-refractivity contribution is -0.227. The van der Waals surface area contributed by atoms with Gasteiger partial charge in [0, 0.05) is 0 Å². The monoisotopic (exact) mass is 173 g/mol. The summed E-state index contributed by atoms with van der Waals surface area (Å²) in [5.74, 6) is 0. The lowest BCUT2D eigenvalue weighted by Crippen LogP contribution is -1.63. The van der Waals surface area contributed by atoms with E-state index in [2.05, 4.69) is 0 Å². The predicted octanol–water partition coefficient (Wildman–Crippen LogP) is 0.613. The molecule has 4 heavy (non-hydrogen) atoms. The summed E-state index contributed by atoms with van der Waals surface area (Å²) in [6.45, 7) is 0. The molecule has 0 atom stereocenters. The van der Waals surface area contributed by atoms with Gasteiger partial charge in [0.1, 0.15) is 0 Å². The Balaban J connectivity index is 2.80. The van der Waals surface area contributed by atoms with Gasteiger partial charge in [0.15, 0.2) is 0 Å². The molecule has 0 unspecified atom stereocenters. The van der Waals surface area contributed by atoms with Gasteiger partial charge in [-0.2, -0.15) is 0 Å². The summed E-state index contributed by atoms with van der Waals surface area (Å²) in [5, 5.41) is 8.79. The van der Waals surface area contributed by atoms with Crippen LogP contribution in [0.4, 0.5) is 0 Å². The Bertz CT molecular complexity index is 29.0. The van der Waals surface area contributed by atoms with Crippen LogP contribution in [0.3, 0.4) is 0 Å². The van der Waals surface area contributed by atoms with E-state index < -0.39 is 3.14 Å². The van der Waals surface area contributed by atoms with Gasteiger partial charge in [0.25, 0.3) is 0 Å². The van der Waals surface area contributed by atoms with E-state index in [4.69, 9.17) is 10.1 Å². The molecule has 0 fully saturated rings. The first-order valence-electron chi connectivity index (χ1n) is 0.534. The van der Waals surface area contributed by atoms with Gasteiger partial charge >= 0.3 is 22.9 Å². The Labute approximate surface area is 36.6 Å². The zero-order valence-electron chi connectivity index (χ0n) is 1.64. The summed E-state index contributed by atoms with van der Waals surface area (Å²) in [6.07, 6.45) is 0. The summed E-state index contributed by atoms with van der Waals surface area (Å²) < 4.78 is -0.530. The second-order valence-electron chi connectivity index (χ2n) is 0.213. The maximum Gasteiger partial charge on any atom is 0.422 e. The van der Waals surface area contributed by atoms with Gasteiger partial charge in [-0.3, -0.25) is 10.1 Å². The van der Waals surface area contributed by atoms with Gasteiger partial charge in [0.2, 0.25) is 0 Å². The van der Waals surface area contributed by atoms with Gasteiger partial charge in [-0.05, 0) is 0 Å². The highest BCUT2D eigenvalue weighted by atomic mass is 127. The number of halogens is 1. The highest BCUT2D eigenvalue weighted by Crippen LogP contribution is 1.73. The molecule has 0 aliphatic heterocycles. The smallest absolute Gasteiger partial charge is 0.256 e. The van der Waals surface area contributed by atoms with Crippen molar-refractivity contribution in [2.24, 2.45) is 0 Å². The SMILES string of the molecule is O=[N+]([O-])I. The highest BCUT2D eigenvalue weighted by Gasteiger charge is 1.67. The van der Waals surface area contributed by atoms with Crippen molar-refractivity contribution in [3.05, 3.63) is 10.1 Å². The predicted molar refractivity (Wildman–Crippen MR) is 21.0 cm³/mol. The molecule has 0 saturated heterocycles. The minimum atomic E-state index is -0.530. The van der Waals surface area contributed by atoms with Crippen LogP contribution in [0.1, 0.15) is 0 Å². The lowest BCUT2D eigenvalue weighted by Gasteiger charge is -1.56. The van der Waals surface area contributed by atoms with Crippen molar-refractivity contribution in [3.63, 3.8) is 0 Å². The lowest BCUT2D eigenvalue weighted by atomic mass is 13.4. The third-order valence-electron chi connectivity index (χ3n) is 0. The summed E-state index contributed by atoms with van der Waals surface area (Å²) >= 11 is 1.07. The summed E-state index contributed by atoms with van der Waals surface area (Å²) in [7, 11) is 0. The molecule has 0 aliphatic carbocycles. The molecule has 0 aromatic rings. The van der Waals surface area contributed by atoms with Gasteiger partial charge in [0.05, 0.1) is 3.14 Å². The molecule has 0 heterocycles. The minimum absolute atomic E-state index is 0.530. The normalized spacial score (nSPS) is 6.25. The van der Waals surface area contributed by atoms with Crippen molar-refractivity contribution in [2.75, 3.05) is 0 Å². The number of nitrogens with zero attached hydrogens (tertiary/aromatic N) is 1. The van der Waals surface area contributed by atoms with Crippen LogP contribution in [0.5, 0.6) is 0 Å². The first kappa shape index (κ1) is 4.13. The molecule has 0 N–H and O–H groups in total. The summed E-state index contributed by atoms with van der Waals surface area (Å²) in [4.78, 5) is 8.79. The molecule has 0 rings (SSSR count). The van der Waals surface area contributed by atoms with Crippen molar-refractivity contribution in [3.8, 4) is 0 Å². The van der Waals surface area contributed by atoms with Crippen LogP contribution in [-0.4, -0.2) is 3.14 Å². The fourth-order valence-electron chi connectivity index (χ4n) is 0. The molecular formula is INO2. The van der Waals surface area contributed by atoms with E-state index in [0.717, 1.165) is 22.9 Å². The maximum absolute atomic E-state index is 8.79. The fraction of sp³-hybridized carbons (Fsp3) is 0. The average molecular weight is 173 g/mol. The molecule has 3 nitrogen and oxygen atoms in total. The van der Waals surface area contributed by atoms with Gasteiger partial charge in [-0.25, -0.2) is 0 Å². The molecule has 0 amide bonds. The minimum Gasteiger partial charge on any atom is -0.256 e. The quantitative estimate of drug-likeness (QED) is 0.233. The molecule has 0 spiro atoms. The number of nitro groups is 1. The van der Waals surface area contributed by atoms with Gasteiger partial charge in [-0.1, -0.05) is 0 Å². The Morgan fingerprint density at radius 2 is 2.00 bits per heavy atom. The second kappa shape index (κ2) is 1.45. The second-order valence-corrected chi connectivity index (χ2v) is 1.00. The van der Waals surface area contributed by atoms with Crippen molar-refractivity contribution in [1.29, 1.82) is 0 Å². The van der Waals surface area contributed by atoms with Crippen LogP contribution in [0, 0.1) is 10.1 Å². The summed E-state index contributed by atoms with van der Waals surface area (Å²) in [5.41, 5.74) is 0. The van der Waals surface area contributed by atoms with E-state index in [1.54, 1.807) is 0 Å². The zero-order chi connectivity index (χ0) is 3.58. The van der Waals surface area contributed by atoms with Crippen molar-refractivity contribution >= 4 is 22.9 Å². The van der Waals surface area contributed by atoms with E-state index in [-0.39, 0.29) is 0 Å². The third kappa shape index (κ3) is 161. The van der Waals surface area contributed by atoms with E-state index in [0.29, 0.717) is 0 Å². The Hall–Kier alpha value is 0.130. The van der Waals surface area contributed by atoms with E-state index in [1.807, 2.05) is 0 Å². The molecule has 0 aromatic heterocycles. The standard InChI is InChI=1S/INO2/c1-2(3)4. The Morgan fingerprint density at radius 3 is 2.00 bits per heavy atom. The number of hydrogen-bond donors (Lipinski definition) is 0. The van der Waals surface area contributed by atoms with Crippen LogP contribution in [-0.2, 0) is 0 Å². The molecule has 0 aromatic carbocycles. The number of rotatable bonds is 0. The third-order valence-corrected chi connectivity index (χ3v) is 0. The molecule has 0 bridgehead atoms. The molecule has 0 aliphatic rings. The van der Waals surface area contributed by atoms with Gasteiger partial charge < -0.3 is 0 Å². The fourth-order valence-corrected chi connectivity index (χ4v) is 0. The Kier molecular flexibility index (Phi) is 1.50. The molecule has 24 valence electrons. The molecule has 0 saturated carbocycles. The molecule has 4 heteroatoms. The first-order chi connectivity index (χ1) is 1.73. The Morgan fingerprint density at radius 1 is 2.00 bits per heavy atom. The van der Waals surface area contributed by atoms with Crippen molar-refractivity contribution in [2.45, 2.75) is 0 Å². The molecule has 0 radical (unpaired) electrons. The van der Waals surface area contributed by atoms with E-state index >= 15 is 0 Å². The average Bonchev–Trinajstić information content (AvgIpc) is 0.811. The van der Waals surface area contributed by atoms with Crippen LogP contribution >= 0.6 is 22.9 Å². The topological polar surface area (TPSA) is 43.1 Å². The van der Waals surface area contributed by atoms with E-state index in [9.17, 15) is 0 Å². The number of hydrogen-bond acceptors (Lipinski definition) is 2. The summed E-state index contributed by atoms with van der Waals surface area (Å²) in [6, 6.07) is 0. The van der Waals surface area contributed by atoms with Crippen LogP contribution in [0.2, 0.25) is 0 Å². The van der Waals surface area contributed by atoms with Gasteiger partial charge in [-0.15, -0.1) is 0 Å². The van der Waals surface area contributed by atoms with E-state index in [1.165, 1.54) is 0 Å². The van der Waals surface area contributed by atoms with Crippen LogP contribution in [0.25, 0.3) is 0 Å². The van der Waals surface area contributed by atoms with Crippen molar-refractivity contribution < 1.29 is 3.14 Å². The molecular weight excluding hydrogens is 173 g/mol. The highest BCUT2D eigenvalue weighted by molar-refractivity contribution is 14.1. The van der Waals surface area contributed by atoms with Crippen LogP contribution < -0.4 is 0 Å². The first-order valence-corrected chi connectivity index (χ1v) is 1.50. The van der Waals surface area contributed by atoms with Crippen LogP contribution in [0.15, 0.2) is 0 Å². The zero-order valence-corrected chi connectivity index (χ0v) is 3.80. The maximum atomic E-state index is 8.79.